The van der Waals surface area contributed by atoms with E-state index in [1.54, 1.807) is 6.07 Å². The number of Topliss-reactive ketones (excluding diaryl/α,β-unsaturated/α-hetero) is 1. The maximum Gasteiger partial charge on any atom is 0.389 e. The molecule has 0 aromatic carbocycles. The number of ketones is 1. The highest BCUT2D eigenvalue weighted by Crippen LogP contribution is 2.39. The largest absolute Gasteiger partial charge is 0.389 e. The lowest BCUT2D eigenvalue weighted by Crippen LogP contribution is -2.48. The molecule has 4 rings (SSSR count). The molecule has 2 aliphatic rings. The molecule has 2 bridgehead atoms. The summed E-state index contributed by atoms with van der Waals surface area (Å²) in [5, 5.41) is 2.63. The number of fused-ring (bicyclic) bond motifs is 4. The van der Waals surface area contributed by atoms with Crippen LogP contribution in [-0.4, -0.2) is 53.0 Å². The van der Waals surface area contributed by atoms with Gasteiger partial charge in [0.2, 0.25) is 5.91 Å². The van der Waals surface area contributed by atoms with E-state index in [1.807, 2.05) is 4.90 Å². The van der Waals surface area contributed by atoms with Crippen LogP contribution in [0.2, 0.25) is 0 Å². The third kappa shape index (κ3) is 4.34. The van der Waals surface area contributed by atoms with E-state index >= 15 is 0 Å². The number of nitrogens with two attached hydrogens (primary N) is 1. The van der Waals surface area contributed by atoms with Crippen molar-refractivity contribution in [1.82, 2.24) is 9.97 Å². The smallest absolute Gasteiger partial charge is 0.366 e. The topological polar surface area (TPSA) is 122 Å². The van der Waals surface area contributed by atoms with Gasteiger partial charge >= 0.3 is 12.2 Å². The Hall–Kier alpha value is -3.70. The van der Waals surface area contributed by atoms with Gasteiger partial charge in [0.25, 0.3) is 0 Å². The number of amides is 3. The molecule has 1 atom stereocenters. The van der Waals surface area contributed by atoms with Crippen molar-refractivity contribution < 1.29 is 27.6 Å². The number of nitrogens with one attached hydrogen (secondary N) is 1. The van der Waals surface area contributed by atoms with Gasteiger partial charge in [0.05, 0.1) is 23.7 Å². The van der Waals surface area contributed by atoms with Crippen LogP contribution in [0, 0.1) is 0 Å². The Balaban J connectivity index is 1.59. The molecule has 2 aliphatic heterocycles. The lowest BCUT2D eigenvalue weighted by molar-refractivity contribution is -0.133. The van der Waals surface area contributed by atoms with Gasteiger partial charge in [-0.25, -0.2) is 14.8 Å². The SMILES string of the molecule is NC(=O)c1ccc(NC(=O)N2c3nc(C(=O)CCC(F)(F)F)ccc3N3CC[C@H]2C3)nc1. The van der Waals surface area contributed by atoms with Crippen molar-refractivity contribution in [2.45, 2.75) is 31.5 Å². The maximum atomic E-state index is 13.1. The Morgan fingerprint density at radius 3 is 2.62 bits per heavy atom. The number of carbonyl (C=O) groups is 3. The summed E-state index contributed by atoms with van der Waals surface area (Å²) < 4.78 is 37.5. The van der Waals surface area contributed by atoms with E-state index in [4.69, 9.17) is 5.73 Å². The van der Waals surface area contributed by atoms with E-state index in [0.29, 0.717) is 25.2 Å². The van der Waals surface area contributed by atoms with Crippen LogP contribution in [0.3, 0.4) is 0 Å². The summed E-state index contributed by atoms with van der Waals surface area (Å²) in [6.45, 7) is 1.24. The molecule has 2 aromatic rings. The number of pyridine rings is 2. The van der Waals surface area contributed by atoms with Gasteiger partial charge in [0.1, 0.15) is 11.5 Å². The summed E-state index contributed by atoms with van der Waals surface area (Å²) in [6, 6.07) is 5.06. The molecule has 32 heavy (non-hydrogen) atoms. The predicted octanol–water partition coefficient (Wildman–Crippen LogP) is 2.73. The standard InChI is InChI=1S/C20H19F3N6O3/c21-20(22,23)7-5-15(30)13-2-3-14-18(26-13)29(12-6-8-28(14)10-12)19(32)27-16-4-1-11(9-25-16)17(24)31/h1-4,9,12H,5-8,10H2,(H2,24,31)(H,25,27,32)/t12-/m0/s1. The van der Waals surface area contributed by atoms with Crippen LogP contribution in [0.5, 0.6) is 0 Å². The quantitative estimate of drug-likeness (QED) is 0.679. The molecule has 12 heteroatoms. The summed E-state index contributed by atoms with van der Waals surface area (Å²) in [5.41, 5.74) is 5.86. The van der Waals surface area contributed by atoms with Gasteiger partial charge in [-0.2, -0.15) is 13.2 Å². The molecule has 0 spiro atoms. The number of hydrogen-bond donors (Lipinski definition) is 2. The third-order valence-electron chi connectivity index (χ3n) is 5.37. The fraction of sp³-hybridized carbons (Fsp3) is 0.350. The second-order valence-electron chi connectivity index (χ2n) is 7.56. The van der Waals surface area contributed by atoms with E-state index in [1.165, 1.54) is 29.3 Å². The molecular formula is C20H19F3N6O3. The average molecular weight is 448 g/mol. The minimum Gasteiger partial charge on any atom is -0.366 e. The molecule has 0 radical (unpaired) electrons. The molecule has 0 unspecified atom stereocenters. The van der Waals surface area contributed by atoms with E-state index in [0.717, 1.165) is 0 Å². The number of halogens is 3. The lowest BCUT2D eigenvalue weighted by atomic mass is 10.1. The summed E-state index contributed by atoms with van der Waals surface area (Å²) in [5.74, 6) is -1.01. The molecular weight excluding hydrogens is 429 g/mol. The molecule has 9 nitrogen and oxygen atoms in total. The first-order valence-electron chi connectivity index (χ1n) is 9.84. The highest BCUT2D eigenvalue weighted by Gasteiger charge is 2.40. The second kappa shape index (κ2) is 8.09. The fourth-order valence-electron chi connectivity index (χ4n) is 3.79. The van der Waals surface area contributed by atoms with Crippen LogP contribution in [0.1, 0.15) is 40.1 Å². The lowest BCUT2D eigenvalue weighted by Gasteiger charge is -2.35. The first-order chi connectivity index (χ1) is 15.1. The van der Waals surface area contributed by atoms with Crippen LogP contribution in [0.15, 0.2) is 30.5 Å². The summed E-state index contributed by atoms with van der Waals surface area (Å²) in [4.78, 5) is 48.2. The Morgan fingerprint density at radius 2 is 1.97 bits per heavy atom. The average Bonchev–Trinajstić information content (AvgIpc) is 3.15. The number of carbonyl (C=O) groups excluding carboxylic acids is 3. The molecule has 2 aromatic heterocycles. The molecule has 0 aliphatic carbocycles. The number of nitrogens with zero attached hydrogens (tertiary/aromatic N) is 4. The summed E-state index contributed by atoms with van der Waals surface area (Å²) in [7, 11) is 0. The van der Waals surface area contributed by atoms with Crippen LogP contribution in [0.25, 0.3) is 0 Å². The zero-order chi connectivity index (χ0) is 23.0. The molecule has 4 heterocycles. The van der Waals surface area contributed by atoms with E-state index in [2.05, 4.69) is 15.3 Å². The number of aromatic nitrogens is 2. The fourth-order valence-corrected chi connectivity index (χ4v) is 3.79. The molecule has 0 saturated carbocycles. The Labute approximate surface area is 180 Å². The Morgan fingerprint density at radius 1 is 1.19 bits per heavy atom. The normalized spacial score (nSPS) is 17.2. The molecule has 3 amide bonds. The van der Waals surface area contributed by atoms with Gasteiger partial charge in [-0.05, 0) is 30.7 Å². The summed E-state index contributed by atoms with van der Waals surface area (Å²) >= 11 is 0. The van der Waals surface area contributed by atoms with Crippen molar-refractivity contribution in [3.8, 4) is 0 Å². The van der Waals surface area contributed by atoms with Crippen LogP contribution >= 0.6 is 0 Å². The van der Waals surface area contributed by atoms with Crippen molar-refractivity contribution in [2.75, 3.05) is 28.2 Å². The zero-order valence-electron chi connectivity index (χ0n) is 16.7. The molecule has 1 saturated heterocycles. The zero-order valence-corrected chi connectivity index (χ0v) is 16.7. The van der Waals surface area contributed by atoms with Crippen molar-refractivity contribution in [1.29, 1.82) is 0 Å². The number of urea groups is 1. The third-order valence-corrected chi connectivity index (χ3v) is 5.37. The van der Waals surface area contributed by atoms with Gasteiger partial charge in [-0.3, -0.25) is 19.8 Å². The van der Waals surface area contributed by atoms with E-state index in [9.17, 15) is 27.6 Å². The number of alkyl halides is 3. The number of hydrogen-bond acceptors (Lipinski definition) is 6. The highest BCUT2D eigenvalue weighted by molar-refractivity contribution is 6.05. The first-order valence-corrected chi connectivity index (χ1v) is 9.84. The van der Waals surface area contributed by atoms with Gasteiger partial charge in [0.15, 0.2) is 11.6 Å². The van der Waals surface area contributed by atoms with E-state index < -0.39 is 36.7 Å². The second-order valence-corrected chi connectivity index (χ2v) is 7.56. The first kappa shape index (κ1) is 21.5. The van der Waals surface area contributed by atoms with Crippen molar-refractivity contribution in [3.63, 3.8) is 0 Å². The minimum absolute atomic E-state index is 0.128. The predicted molar refractivity (Wildman–Crippen MR) is 109 cm³/mol. The van der Waals surface area contributed by atoms with Gasteiger partial charge < -0.3 is 10.6 Å². The summed E-state index contributed by atoms with van der Waals surface area (Å²) in [6.07, 6.45) is -4.51. The van der Waals surface area contributed by atoms with Crippen molar-refractivity contribution in [3.05, 3.63) is 41.7 Å². The number of rotatable bonds is 5. The van der Waals surface area contributed by atoms with Gasteiger partial charge in [-0.1, -0.05) is 0 Å². The Kier molecular flexibility index (Phi) is 5.45. The minimum atomic E-state index is -4.45. The van der Waals surface area contributed by atoms with Crippen molar-refractivity contribution in [2.24, 2.45) is 5.73 Å². The molecule has 1 fully saturated rings. The molecule has 3 N–H and O–H groups in total. The van der Waals surface area contributed by atoms with Crippen LogP contribution < -0.4 is 20.9 Å². The number of primary amides is 1. The number of anilines is 3. The monoisotopic (exact) mass is 448 g/mol. The van der Waals surface area contributed by atoms with E-state index in [-0.39, 0.29) is 28.9 Å². The molecule has 168 valence electrons. The highest BCUT2D eigenvalue weighted by atomic mass is 19.4. The van der Waals surface area contributed by atoms with Crippen LogP contribution in [0.4, 0.5) is 35.3 Å². The van der Waals surface area contributed by atoms with Gasteiger partial charge in [-0.15, -0.1) is 0 Å². The maximum absolute atomic E-state index is 13.1. The van der Waals surface area contributed by atoms with Gasteiger partial charge in [0, 0.05) is 25.7 Å². The Bertz CT molecular complexity index is 1070. The van der Waals surface area contributed by atoms with Crippen molar-refractivity contribution >= 4 is 35.0 Å². The van der Waals surface area contributed by atoms with Crippen LogP contribution in [-0.2, 0) is 0 Å².